The van der Waals surface area contributed by atoms with E-state index < -0.39 is 0 Å². The zero-order valence-corrected chi connectivity index (χ0v) is 7.90. The van der Waals surface area contributed by atoms with E-state index in [2.05, 4.69) is 29.8 Å². The molecule has 1 radical (unpaired) electrons. The molecule has 0 aliphatic carbocycles. The van der Waals surface area contributed by atoms with E-state index >= 15 is 0 Å². The molecule has 0 spiro atoms. The number of rotatable bonds is 4. The van der Waals surface area contributed by atoms with E-state index in [0.29, 0.717) is 6.04 Å². The Morgan fingerprint density at radius 3 is 2.91 bits per heavy atom. The van der Waals surface area contributed by atoms with Crippen molar-refractivity contribution in [2.45, 2.75) is 25.8 Å². The van der Waals surface area contributed by atoms with Crippen molar-refractivity contribution < 1.29 is 0 Å². The van der Waals surface area contributed by atoms with Crippen molar-refractivity contribution in [3.8, 4) is 0 Å². The zero-order valence-electron chi connectivity index (χ0n) is 7.08. The molecule has 1 heterocycles. The molecule has 0 fully saturated rings. The van der Waals surface area contributed by atoms with Crippen LogP contribution in [-0.2, 0) is 0 Å². The molecule has 0 aliphatic rings. The second kappa shape index (κ2) is 4.52. The van der Waals surface area contributed by atoms with Crippen LogP contribution in [-0.4, -0.2) is 7.05 Å². The minimum absolute atomic E-state index is 0.444. The summed E-state index contributed by atoms with van der Waals surface area (Å²) >= 11 is 1.80. The lowest BCUT2D eigenvalue weighted by atomic mass is 10.1. The third kappa shape index (κ3) is 2.31. The summed E-state index contributed by atoms with van der Waals surface area (Å²) in [6.07, 6.45) is 2.39. The van der Waals surface area contributed by atoms with Gasteiger partial charge in [0.05, 0.1) is 6.04 Å². The van der Waals surface area contributed by atoms with Crippen LogP contribution in [0.3, 0.4) is 0 Å². The quantitative estimate of drug-likeness (QED) is 0.656. The number of thiophene rings is 1. The summed E-state index contributed by atoms with van der Waals surface area (Å²) in [6.45, 7) is 2.20. The molecule has 1 rings (SSSR count). The van der Waals surface area contributed by atoms with Gasteiger partial charge >= 0.3 is 0 Å². The van der Waals surface area contributed by atoms with Gasteiger partial charge in [-0.25, -0.2) is 5.32 Å². The zero-order chi connectivity index (χ0) is 8.10. The molecular formula is C9H14NS. The Morgan fingerprint density at radius 1 is 1.64 bits per heavy atom. The standard InChI is InChI=1S/C9H14NS/c1-3-5-8(10-2)9-6-4-7-11-9/h4,6-8H,3,5H2,1-2H3. The first kappa shape index (κ1) is 8.75. The molecule has 61 valence electrons. The first-order chi connectivity index (χ1) is 5.38. The Morgan fingerprint density at radius 2 is 2.45 bits per heavy atom. The smallest absolute Gasteiger partial charge is 0.0585 e. The van der Waals surface area contributed by atoms with E-state index in [4.69, 9.17) is 0 Å². The third-order valence-corrected chi connectivity index (χ3v) is 2.72. The normalized spacial score (nSPS) is 13.3. The van der Waals surface area contributed by atoms with Gasteiger partial charge < -0.3 is 0 Å². The molecule has 1 unspecified atom stereocenters. The molecule has 1 aromatic heterocycles. The molecule has 11 heavy (non-hydrogen) atoms. The first-order valence-corrected chi connectivity index (χ1v) is 4.88. The molecule has 0 aromatic carbocycles. The maximum Gasteiger partial charge on any atom is 0.0585 e. The molecule has 1 nitrogen and oxygen atoms in total. The van der Waals surface area contributed by atoms with Crippen LogP contribution in [0.5, 0.6) is 0 Å². The van der Waals surface area contributed by atoms with Gasteiger partial charge in [0.15, 0.2) is 0 Å². The van der Waals surface area contributed by atoms with Crippen molar-refractivity contribution in [2.24, 2.45) is 0 Å². The van der Waals surface area contributed by atoms with Gasteiger partial charge in [0.25, 0.3) is 0 Å². The summed E-state index contributed by atoms with van der Waals surface area (Å²) in [7, 11) is 1.90. The lowest BCUT2D eigenvalue weighted by Gasteiger charge is -2.10. The minimum atomic E-state index is 0.444. The van der Waals surface area contributed by atoms with Gasteiger partial charge in [-0.05, 0) is 17.9 Å². The van der Waals surface area contributed by atoms with Crippen LogP contribution in [0.25, 0.3) is 0 Å². The fourth-order valence-electron chi connectivity index (χ4n) is 1.15. The van der Waals surface area contributed by atoms with Crippen molar-refractivity contribution in [3.05, 3.63) is 22.4 Å². The van der Waals surface area contributed by atoms with Crippen LogP contribution in [0.15, 0.2) is 17.5 Å². The predicted octanol–water partition coefficient (Wildman–Crippen LogP) is 2.82. The number of hydrogen-bond acceptors (Lipinski definition) is 1. The van der Waals surface area contributed by atoms with Gasteiger partial charge in [0, 0.05) is 11.9 Å². The van der Waals surface area contributed by atoms with Crippen LogP contribution < -0.4 is 5.32 Å². The molecule has 1 aromatic rings. The maximum atomic E-state index is 4.33. The maximum absolute atomic E-state index is 4.33. The fraction of sp³-hybridized carbons (Fsp3) is 0.556. The van der Waals surface area contributed by atoms with Crippen molar-refractivity contribution in [1.82, 2.24) is 5.32 Å². The summed E-state index contributed by atoms with van der Waals surface area (Å²) in [6, 6.07) is 4.70. The average molecular weight is 168 g/mol. The highest BCUT2D eigenvalue weighted by Gasteiger charge is 2.08. The highest BCUT2D eigenvalue weighted by atomic mass is 32.1. The second-order valence-electron chi connectivity index (χ2n) is 2.58. The van der Waals surface area contributed by atoms with Crippen LogP contribution in [0.4, 0.5) is 0 Å². The minimum Gasteiger partial charge on any atom is -0.236 e. The van der Waals surface area contributed by atoms with Gasteiger partial charge in [-0.3, -0.25) is 0 Å². The summed E-state index contributed by atoms with van der Waals surface area (Å²) in [5.41, 5.74) is 0. The summed E-state index contributed by atoms with van der Waals surface area (Å²) in [5, 5.41) is 6.44. The number of hydrogen-bond donors (Lipinski definition) is 0. The van der Waals surface area contributed by atoms with E-state index in [-0.39, 0.29) is 0 Å². The van der Waals surface area contributed by atoms with E-state index in [9.17, 15) is 0 Å². The Balaban J connectivity index is 2.56. The van der Waals surface area contributed by atoms with Gasteiger partial charge in [-0.1, -0.05) is 19.4 Å². The molecule has 0 bridgehead atoms. The highest BCUT2D eigenvalue weighted by Crippen LogP contribution is 2.23. The molecular weight excluding hydrogens is 154 g/mol. The first-order valence-electron chi connectivity index (χ1n) is 4.00. The molecule has 1 atom stereocenters. The van der Waals surface area contributed by atoms with Gasteiger partial charge in [-0.15, -0.1) is 11.3 Å². The fourth-order valence-corrected chi connectivity index (χ4v) is 2.00. The van der Waals surface area contributed by atoms with Crippen LogP contribution >= 0.6 is 11.3 Å². The van der Waals surface area contributed by atoms with Crippen molar-refractivity contribution in [2.75, 3.05) is 7.05 Å². The van der Waals surface area contributed by atoms with Gasteiger partial charge in [0.1, 0.15) is 0 Å². The average Bonchev–Trinajstić information content (AvgIpc) is 2.52. The molecule has 0 saturated heterocycles. The van der Waals surface area contributed by atoms with E-state index in [1.54, 1.807) is 11.3 Å². The molecule has 0 saturated carbocycles. The summed E-state index contributed by atoms with van der Waals surface area (Å²) in [4.78, 5) is 1.40. The van der Waals surface area contributed by atoms with Crippen molar-refractivity contribution >= 4 is 11.3 Å². The van der Waals surface area contributed by atoms with E-state index in [1.165, 1.54) is 17.7 Å². The number of nitrogens with zero attached hydrogens (tertiary/aromatic N) is 1. The molecule has 2 heteroatoms. The Kier molecular flexibility index (Phi) is 3.60. The third-order valence-electron chi connectivity index (χ3n) is 1.75. The van der Waals surface area contributed by atoms with Crippen LogP contribution in [0, 0.1) is 0 Å². The van der Waals surface area contributed by atoms with Gasteiger partial charge in [-0.2, -0.15) is 0 Å². The van der Waals surface area contributed by atoms with Crippen molar-refractivity contribution in [3.63, 3.8) is 0 Å². The molecule has 0 aliphatic heterocycles. The van der Waals surface area contributed by atoms with Gasteiger partial charge in [0.2, 0.25) is 0 Å². The largest absolute Gasteiger partial charge is 0.236 e. The molecule has 0 amide bonds. The van der Waals surface area contributed by atoms with E-state index in [0.717, 1.165) is 0 Å². The topological polar surface area (TPSA) is 14.1 Å². The Bertz CT molecular complexity index is 181. The molecule has 0 N–H and O–H groups in total. The monoisotopic (exact) mass is 168 g/mol. The lowest BCUT2D eigenvalue weighted by molar-refractivity contribution is 0.540. The lowest BCUT2D eigenvalue weighted by Crippen LogP contribution is -2.07. The summed E-state index contributed by atoms with van der Waals surface area (Å²) in [5.74, 6) is 0. The Labute approximate surface area is 72.4 Å². The van der Waals surface area contributed by atoms with E-state index in [1.807, 2.05) is 7.05 Å². The second-order valence-corrected chi connectivity index (χ2v) is 3.56. The van der Waals surface area contributed by atoms with Crippen LogP contribution in [0.2, 0.25) is 0 Å². The summed E-state index contributed by atoms with van der Waals surface area (Å²) < 4.78 is 0. The highest BCUT2D eigenvalue weighted by molar-refractivity contribution is 7.10. The Hall–Kier alpha value is -0.340. The van der Waals surface area contributed by atoms with Crippen molar-refractivity contribution in [1.29, 1.82) is 0 Å². The predicted molar refractivity (Wildman–Crippen MR) is 50.0 cm³/mol. The SMILES string of the molecule is CCCC([N]C)c1cccs1. The van der Waals surface area contributed by atoms with Crippen LogP contribution in [0.1, 0.15) is 30.7 Å².